The molecule has 1 atom stereocenters. The molecule has 0 saturated heterocycles. The van der Waals surface area contributed by atoms with E-state index in [4.69, 9.17) is 5.11 Å². The number of carbonyl (C=O) groups is 2. The van der Waals surface area contributed by atoms with Gasteiger partial charge in [-0.25, -0.2) is 17.5 Å². The zero-order chi connectivity index (χ0) is 15.7. The molecule has 1 aromatic heterocycles. The summed E-state index contributed by atoms with van der Waals surface area (Å²) in [6.07, 6.45) is 0. The number of sulfonamides is 1. The lowest BCUT2D eigenvalue weighted by atomic mass is 10.3. The van der Waals surface area contributed by atoms with E-state index in [1.807, 2.05) is 0 Å². The molecular formula is C11H16N2O5S2. The van der Waals surface area contributed by atoms with Crippen molar-refractivity contribution in [3.05, 3.63) is 16.3 Å². The van der Waals surface area contributed by atoms with Crippen molar-refractivity contribution in [2.75, 3.05) is 21.1 Å². The fourth-order valence-electron chi connectivity index (χ4n) is 1.35. The number of rotatable bonds is 5. The van der Waals surface area contributed by atoms with E-state index in [9.17, 15) is 18.0 Å². The highest BCUT2D eigenvalue weighted by atomic mass is 32.2. The highest BCUT2D eigenvalue weighted by Gasteiger charge is 2.30. The van der Waals surface area contributed by atoms with Crippen molar-refractivity contribution < 1.29 is 23.1 Å². The molecule has 20 heavy (non-hydrogen) atoms. The van der Waals surface area contributed by atoms with Crippen LogP contribution >= 0.6 is 11.3 Å². The number of carboxylic acids is 1. The van der Waals surface area contributed by atoms with Crippen molar-refractivity contribution in [3.63, 3.8) is 0 Å². The summed E-state index contributed by atoms with van der Waals surface area (Å²) >= 11 is 0.969. The van der Waals surface area contributed by atoms with Gasteiger partial charge >= 0.3 is 5.97 Å². The van der Waals surface area contributed by atoms with E-state index in [0.29, 0.717) is 0 Å². The van der Waals surface area contributed by atoms with Crippen LogP contribution in [0.2, 0.25) is 0 Å². The number of thiophene rings is 1. The van der Waals surface area contributed by atoms with E-state index >= 15 is 0 Å². The standard InChI is InChI=1S/C11H16N2O5S2/c1-7(11(15)16)13(4)10(14)9-8(5-6-19-9)20(17,18)12(2)3/h5-7H,1-4H3,(H,15,16). The van der Waals surface area contributed by atoms with Crippen molar-refractivity contribution in [2.24, 2.45) is 0 Å². The number of amides is 1. The summed E-state index contributed by atoms with van der Waals surface area (Å²) in [5.41, 5.74) is 0. The minimum atomic E-state index is -3.74. The molecule has 9 heteroatoms. The van der Waals surface area contributed by atoms with Gasteiger partial charge in [0, 0.05) is 21.1 Å². The van der Waals surface area contributed by atoms with Gasteiger partial charge in [0.15, 0.2) is 0 Å². The molecule has 0 fully saturated rings. The van der Waals surface area contributed by atoms with Crippen LogP contribution in [0.15, 0.2) is 16.3 Å². The zero-order valence-corrected chi connectivity index (χ0v) is 13.2. The second kappa shape index (κ2) is 5.90. The zero-order valence-electron chi connectivity index (χ0n) is 11.5. The molecule has 1 aromatic rings. The van der Waals surface area contributed by atoms with E-state index in [2.05, 4.69) is 0 Å². The van der Waals surface area contributed by atoms with Gasteiger partial charge in [-0.2, -0.15) is 0 Å². The van der Waals surface area contributed by atoms with Crippen LogP contribution in [-0.4, -0.2) is 61.8 Å². The van der Waals surface area contributed by atoms with Crippen molar-refractivity contribution in [1.29, 1.82) is 0 Å². The third-order valence-corrected chi connectivity index (χ3v) is 5.73. The maximum atomic E-state index is 12.2. The summed E-state index contributed by atoms with van der Waals surface area (Å²) in [4.78, 5) is 24.0. The summed E-state index contributed by atoms with van der Waals surface area (Å²) in [7, 11) is 0.318. The predicted molar refractivity (Wildman–Crippen MR) is 74.4 cm³/mol. The Bertz CT molecular complexity index is 621. The first-order valence-electron chi connectivity index (χ1n) is 5.60. The molecule has 1 amide bonds. The Balaban J connectivity index is 3.21. The predicted octanol–water partition coefficient (Wildman–Crippen LogP) is 0.544. The lowest BCUT2D eigenvalue weighted by Gasteiger charge is -2.21. The van der Waals surface area contributed by atoms with Crippen molar-refractivity contribution in [1.82, 2.24) is 9.21 Å². The van der Waals surface area contributed by atoms with Crippen LogP contribution < -0.4 is 0 Å². The summed E-state index contributed by atoms with van der Waals surface area (Å²) < 4.78 is 25.2. The molecule has 1 heterocycles. The summed E-state index contributed by atoms with van der Waals surface area (Å²) in [6, 6.07) is 0.298. The first kappa shape index (κ1) is 16.6. The van der Waals surface area contributed by atoms with Gasteiger partial charge in [0.25, 0.3) is 5.91 Å². The fourth-order valence-corrected chi connectivity index (χ4v) is 3.63. The molecule has 1 rings (SSSR count). The average Bonchev–Trinajstić information content (AvgIpc) is 2.85. The molecule has 7 nitrogen and oxygen atoms in total. The molecule has 0 spiro atoms. The van der Waals surface area contributed by atoms with Crippen LogP contribution in [0.1, 0.15) is 16.6 Å². The third-order valence-electron chi connectivity index (χ3n) is 2.84. The Labute approximate surface area is 121 Å². The number of hydrogen-bond acceptors (Lipinski definition) is 5. The highest BCUT2D eigenvalue weighted by molar-refractivity contribution is 7.89. The van der Waals surface area contributed by atoms with Gasteiger partial charge in [-0.15, -0.1) is 11.3 Å². The molecule has 0 aliphatic rings. The van der Waals surface area contributed by atoms with Crippen LogP contribution in [0.4, 0.5) is 0 Å². The Morgan fingerprint density at radius 3 is 2.30 bits per heavy atom. The van der Waals surface area contributed by atoms with E-state index < -0.39 is 27.9 Å². The second-order valence-corrected chi connectivity index (χ2v) is 7.37. The van der Waals surface area contributed by atoms with Crippen molar-refractivity contribution in [2.45, 2.75) is 17.9 Å². The number of likely N-dealkylation sites (N-methyl/N-ethyl adjacent to an activating group) is 1. The Hall–Kier alpha value is -1.45. The lowest BCUT2D eigenvalue weighted by Crippen LogP contribution is -2.40. The van der Waals surface area contributed by atoms with E-state index in [-0.39, 0.29) is 9.77 Å². The maximum Gasteiger partial charge on any atom is 0.326 e. The van der Waals surface area contributed by atoms with Gasteiger partial charge in [0.2, 0.25) is 10.0 Å². The Morgan fingerprint density at radius 1 is 1.30 bits per heavy atom. The van der Waals surface area contributed by atoms with Gasteiger partial charge < -0.3 is 10.0 Å². The first-order chi connectivity index (χ1) is 9.10. The van der Waals surface area contributed by atoms with Gasteiger partial charge in [-0.3, -0.25) is 4.79 Å². The van der Waals surface area contributed by atoms with Gasteiger partial charge in [-0.1, -0.05) is 0 Å². The Kier molecular flexibility index (Phi) is 4.90. The summed E-state index contributed by atoms with van der Waals surface area (Å²) in [6.45, 7) is 1.36. The topological polar surface area (TPSA) is 95.0 Å². The highest BCUT2D eigenvalue weighted by Crippen LogP contribution is 2.25. The first-order valence-corrected chi connectivity index (χ1v) is 7.92. The second-order valence-electron chi connectivity index (χ2n) is 4.33. The maximum absolute atomic E-state index is 12.2. The normalized spacial score (nSPS) is 13.2. The minimum Gasteiger partial charge on any atom is -0.480 e. The van der Waals surface area contributed by atoms with Crippen LogP contribution in [-0.2, 0) is 14.8 Å². The molecule has 0 saturated carbocycles. The number of nitrogens with zero attached hydrogens (tertiary/aromatic N) is 2. The van der Waals surface area contributed by atoms with Crippen LogP contribution in [0.3, 0.4) is 0 Å². The number of aliphatic carboxylic acids is 1. The smallest absolute Gasteiger partial charge is 0.326 e. The summed E-state index contributed by atoms with van der Waals surface area (Å²) in [5.74, 6) is -1.79. The molecular weight excluding hydrogens is 304 g/mol. The van der Waals surface area contributed by atoms with Gasteiger partial charge in [0.1, 0.15) is 15.8 Å². The molecule has 1 unspecified atom stereocenters. The molecule has 0 aliphatic heterocycles. The van der Waals surface area contributed by atoms with Crippen molar-refractivity contribution >= 4 is 33.2 Å². The van der Waals surface area contributed by atoms with Crippen LogP contribution in [0, 0.1) is 0 Å². The Morgan fingerprint density at radius 2 is 1.85 bits per heavy atom. The molecule has 112 valence electrons. The fraction of sp³-hybridized carbons (Fsp3) is 0.455. The average molecular weight is 320 g/mol. The van der Waals surface area contributed by atoms with Gasteiger partial charge in [0.05, 0.1) is 0 Å². The van der Waals surface area contributed by atoms with E-state index in [0.717, 1.165) is 20.5 Å². The third kappa shape index (κ3) is 3.00. The molecule has 0 aliphatic carbocycles. The quantitative estimate of drug-likeness (QED) is 0.854. The van der Waals surface area contributed by atoms with Crippen molar-refractivity contribution in [3.8, 4) is 0 Å². The minimum absolute atomic E-state index is 0.00861. The largest absolute Gasteiger partial charge is 0.480 e. The number of carboxylic acid groups (broad SMARTS) is 1. The SMILES string of the molecule is CC(C(=O)O)N(C)C(=O)c1sccc1S(=O)(=O)N(C)C. The number of carbonyl (C=O) groups excluding carboxylic acids is 1. The van der Waals surface area contributed by atoms with E-state index in [1.54, 1.807) is 0 Å². The number of hydrogen-bond donors (Lipinski definition) is 1. The van der Waals surface area contributed by atoms with E-state index in [1.165, 1.54) is 39.5 Å². The summed E-state index contributed by atoms with van der Waals surface area (Å²) in [5, 5.41) is 10.4. The lowest BCUT2D eigenvalue weighted by molar-refractivity contribution is -0.141. The molecule has 0 aromatic carbocycles. The van der Waals surface area contributed by atoms with Crippen LogP contribution in [0.5, 0.6) is 0 Å². The molecule has 0 bridgehead atoms. The monoisotopic (exact) mass is 320 g/mol. The van der Waals surface area contributed by atoms with Gasteiger partial charge in [-0.05, 0) is 18.4 Å². The van der Waals surface area contributed by atoms with Crippen LogP contribution in [0.25, 0.3) is 0 Å². The molecule has 1 N–H and O–H groups in total. The molecule has 0 radical (unpaired) electrons.